The highest BCUT2D eigenvalue weighted by atomic mass is 79.9. The van der Waals surface area contributed by atoms with Crippen molar-refractivity contribution in [3.8, 4) is 0 Å². The first kappa shape index (κ1) is 15.5. The van der Waals surface area contributed by atoms with Crippen LogP contribution in [0.25, 0.3) is 0 Å². The summed E-state index contributed by atoms with van der Waals surface area (Å²) in [6, 6.07) is 6.06. The lowest BCUT2D eigenvalue weighted by Crippen LogP contribution is -2.25. The molecule has 0 aliphatic carbocycles. The largest absolute Gasteiger partial charge is 0.389 e. The van der Waals surface area contributed by atoms with Crippen molar-refractivity contribution in [1.82, 2.24) is 0 Å². The SMILES string of the molecule is CCCCOCC(O)CNc1ccc(C)c(Br)c1. The van der Waals surface area contributed by atoms with Crippen molar-refractivity contribution in [2.75, 3.05) is 25.1 Å². The predicted molar refractivity (Wildman–Crippen MR) is 79.1 cm³/mol. The molecule has 0 heterocycles. The van der Waals surface area contributed by atoms with Crippen molar-refractivity contribution in [3.05, 3.63) is 28.2 Å². The Balaban J connectivity index is 2.24. The van der Waals surface area contributed by atoms with Crippen LogP contribution < -0.4 is 5.32 Å². The number of halogens is 1. The zero-order chi connectivity index (χ0) is 13.4. The smallest absolute Gasteiger partial charge is 0.0945 e. The van der Waals surface area contributed by atoms with Crippen LogP contribution in [0.4, 0.5) is 5.69 Å². The lowest BCUT2D eigenvalue weighted by molar-refractivity contribution is 0.0422. The first-order valence-corrected chi connectivity index (χ1v) is 7.18. The number of hydrogen-bond acceptors (Lipinski definition) is 3. The number of unbranched alkanes of at least 4 members (excludes halogenated alkanes) is 1. The summed E-state index contributed by atoms with van der Waals surface area (Å²) in [5.74, 6) is 0. The maximum atomic E-state index is 9.73. The van der Waals surface area contributed by atoms with Gasteiger partial charge in [-0.3, -0.25) is 0 Å². The summed E-state index contributed by atoms with van der Waals surface area (Å²) in [6.45, 7) is 5.78. The Morgan fingerprint density at radius 3 is 2.89 bits per heavy atom. The predicted octanol–water partition coefficient (Wildman–Crippen LogP) is 3.35. The number of aliphatic hydroxyl groups is 1. The van der Waals surface area contributed by atoms with Crippen LogP contribution >= 0.6 is 15.9 Å². The van der Waals surface area contributed by atoms with Gasteiger partial charge in [-0.05, 0) is 31.0 Å². The Morgan fingerprint density at radius 2 is 2.22 bits per heavy atom. The average molecular weight is 316 g/mol. The van der Waals surface area contributed by atoms with Gasteiger partial charge in [-0.2, -0.15) is 0 Å². The zero-order valence-corrected chi connectivity index (χ0v) is 12.7. The molecule has 3 nitrogen and oxygen atoms in total. The first-order valence-electron chi connectivity index (χ1n) is 6.39. The Bertz CT molecular complexity index is 358. The number of benzene rings is 1. The number of aryl methyl sites for hydroxylation is 1. The second kappa shape index (κ2) is 8.51. The topological polar surface area (TPSA) is 41.5 Å². The highest BCUT2D eigenvalue weighted by Gasteiger charge is 2.04. The van der Waals surface area contributed by atoms with E-state index >= 15 is 0 Å². The summed E-state index contributed by atoms with van der Waals surface area (Å²) in [4.78, 5) is 0. The molecule has 0 aliphatic heterocycles. The fourth-order valence-corrected chi connectivity index (χ4v) is 1.84. The third kappa shape index (κ3) is 5.85. The molecule has 0 bridgehead atoms. The summed E-state index contributed by atoms with van der Waals surface area (Å²) >= 11 is 3.49. The van der Waals surface area contributed by atoms with Gasteiger partial charge in [-0.25, -0.2) is 0 Å². The van der Waals surface area contributed by atoms with Crippen LogP contribution in [-0.2, 0) is 4.74 Å². The maximum Gasteiger partial charge on any atom is 0.0945 e. The maximum absolute atomic E-state index is 9.73. The van der Waals surface area contributed by atoms with Gasteiger partial charge in [0, 0.05) is 23.3 Å². The number of aliphatic hydroxyl groups excluding tert-OH is 1. The van der Waals surface area contributed by atoms with E-state index in [0.717, 1.165) is 29.6 Å². The molecule has 4 heteroatoms. The van der Waals surface area contributed by atoms with Crippen molar-refractivity contribution in [2.45, 2.75) is 32.8 Å². The minimum Gasteiger partial charge on any atom is -0.389 e. The molecule has 0 aromatic heterocycles. The highest BCUT2D eigenvalue weighted by Crippen LogP contribution is 2.20. The molecule has 0 saturated heterocycles. The number of anilines is 1. The lowest BCUT2D eigenvalue weighted by Gasteiger charge is -2.13. The van der Waals surface area contributed by atoms with E-state index < -0.39 is 6.10 Å². The number of ether oxygens (including phenoxy) is 1. The third-order valence-corrected chi connectivity index (χ3v) is 3.52. The molecule has 2 N–H and O–H groups in total. The normalized spacial score (nSPS) is 12.4. The first-order chi connectivity index (χ1) is 8.63. The van der Waals surface area contributed by atoms with Gasteiger partial charge in [0.2, 0.25) is 0 Å². The van der Waals surface area contributed by atoms with Gasteiger partial charge in [-0.1, -0.05) is 35.3 Å². The van der Waals surface area contributed by atoms with E-state index in [1.54, 1.807) is 0 Å². The fraction of sp³-hybridized carbons (Fsp3) is 0.571. The van der Waals surface area contributed by atoms with Crippen LogP contribution in [0.15, 0.2) is 22.7 Å². The molecule has 0 saturated carbocycles. The lowest BCUT2D eigenvalue weighted by atomic mass is 10.2. The Kier molecular flexibility index (Phi) is 7.32. The van der Waals surface area contributed by atoms with Crippen LogP contribution in [0.2, 0.25) is 0 Å². The quantitative estimate of drug-likeness (QED) is 0.723. The van der Waals surface area contributed by atoms with Crippen molar-refractivity contribution in [2.24, 2.45) is 0 Å². The molecule has 1 atom stereocenters. The van der Waals surface area contributed by atoms with E-state index in [2.05, 4.69) is 28.2 Å². The van der Waals surface area contributed by atoms with Crippen LogP contribution in [0.3, 0.4) is 0 Å². The van der Waals surface area contributed by atoms with Crippen molar-refractivity contribution in [3.63, 3.8) is 0 Å². The molecule has 0 fully saturated rings. The molecular formula is C14H22BrNO2. The molecule has 0 radical (unpaired) electrons. The second-order valence-electron chi connectivity index (χ2n) is 4.43. The summed E-state index contributed by atoms with van der Waals surface area (Å²) in [5.41, 5.74) is 2.20. The standard InChI is InChI=1S/C14H22BrNO2/c1-3-4-7-18-10-13(17)9-16-12-6-5-11(2)14(15)8-12/h5-6,8,13,16-17H,3-4,7,9-10H2,1-2H3. The molecule has 1 rings (SSSR count). The zero-order valence-electron chi connectivity index (χ0n) is 11.1. The molecule has 0 amide bonds. The molecule has 102 valence electrons. The molecular weight excluding hydrogens is 294 g/mol. The number of rotatable bonds is 8. The van der Waals surface area contributed by atoms with Gasteiger partial charge < -0.3 is 15.2 Å². The molecule has 0 spiro atoms. The van der Waals surface area contributed by atoms with E-state index in [9.17, 15) is 5.11 Å². The van der Waals surface area contributed by atoms with Gasteiger partial charge in [-0.15, -0.1) is 0 Å². The monoisotopic (exact) mass is 315 g/mol. The van der Waals surface area contributed by atoms with Crippen molar-refractivity contribution in [1.29, 1.82) is 0 Å². The Hall–Kier alpha value is -0.580. The van der Waals surface area contributed by atoms with Gasteiger partial charge in [0.15, 0.2) is 0 Å². The summed E-state index contributed by atoms with van der Waals surface area (Å²) < 4.78 is 6.44. The van der Waals surface area contributed by atoms with E-state index in [1.807, 2.05) is 25.1 Å². The van der Waals surface area contributed by atoms with Gasteiger partial charge >= 0.3 is 0 Å². The van der Waals surface area contributed by atoms with Gasteiger partial charge in [0.25, 0.3) is 0 Å². The van der Waals surface area contributed by atoms with Crippen LogP contribution in [-0.4, -0.2) is 31.0 Å². The summed E-state index contributed by atoms with van der Waals surface area (Å²) in [5, 5.41) is 12.9. The second-order valence-corrected chi connectivity index (χ2v) is 5.28. The van der Waals surface area contributed by atoms with Crippen molar-refractivity contribution >= 4 is 21.6 Å². The fourth-order valence-electron chi connectivity index (χ4n) is 1.46. The molecule has 1 aromatic rings. The van der Waals surface area contributed by atoms with Crippen LogP contribution in [0.1, 0.15) is 25.3 Å². The Morgan fingerprint density at radius 1 is 1.44 bits per heavy atom. The van der Waals surface area contributed by atoms with E-state index in [4.69, 9.17) is 4.74 Å². The number of hydrogen-bond donors (Lipinski definition) is 2. The van der Waals surface area contributed by atoms with E-state index in [1.165, 1.54) is 5.56 Å². The van der Waals surface area contributed by atoms with Gasteiger partial charge in [0.05, 0.1) is 12.7 Å². The highest BCUT2D eigenvalue weighted by molar-refractivity contribution is 9.10. The number of nitrogens with one attached hydrogen (secondary N) is 1. The van der Waals surface area contributed by atoms with E-state index in [-0.39, 0.29) is 0 Å². The summed E-state index contributed by atoms with van der Waals surface area (Å²) in [7, 11) is 0. The molecule has 18 heavy (non-hydrogen) atoms. The van der Waals surface area contributed by atoms with Crippen LogP contribution in [0.5, 0.6) is 0 Å². The van der Waals surface area contributed by atoms with E-state index in [0.29, 0.717) is 13.2 Å². The molecule has 1 unspecified atom stereocenters. The van der Waals surface area contributed by atoms with Crippen molar-refractivity contribution < 1.29 is 9.84 Å². The van der Waals surface area contributed by atoms with Crippen LogP contribution in [0, 0.1) is 6.92 Å². The summed E-state index contributed by atoms with van der Waals surface area (Å²) in [6.07, 6.45) is 1.69. The average Bonchev–Trinajstić information content (AvgIpc) is 2.36. The minimum atomic E-state index is -0.470. The third-order valence-electron chi connectivity index (χ3n) is 2.67. The van der Waals surface area contributed by atoms with Gasteiger partial charge in [0.1, 0.15) is 0 Å². The molecule has 1 aromatic carbocycles. The molecule has 0 aliphatic rings. The minimum absolute atomic E-state index is 0.389. The Labute approximate surface area is 118 Å².